The van der Waals surface area contributed by atoms with Gasteiger partial charge in [-0.05, 0) is 24.3 Å². The molecule has 0 aromatic carbocycles. The lowest BCUT2D eigenvalue weighted by molar-refractivity contribution is 0.626. The number of pyridine rings is 2. The third-order valence-electron chi connectivity index (χ3n) is 3.68. The van der Waals surface area contributed by atoms with Crippen LogP contribution in [-0.2, 0) is 18.7 Å². The van der Waals surface area contributed by atoms with E-state index in [2.05, 4.69) is 30.9 Å². The molecule has 0 unspecified atom stereocenters. The highest BCUT2D eigenvalue weighted by molar-refractivity contribution is 7.98. The van der Waals surface area contributed by atoms with Crippen LogP contribution in [0.15, 0.2) is 66.5 Å². The number of thioether (sulfide) groups is 1. The lowest BCUT2D eigenvalue weighted by Crippen LogP contribution is -2.03. The molecule has 0 spiro atoms. The Balaban J connectivity index is 1.41. The second-order valence-corrected chi connectivity index (χ2v) is 6.31. The van der Waals surface area contributed by atoms with Crippen molar-refractivity contribution in [2.45, 2.75) is 23.9 Å². The van der Waals surface area contributed by atoms with Gasteiger partial charge in [0.25, 0.3) is 0 Å². The van der Waals surface area contributed by atoms with Crippen molar-refractivity contribution in [3.63, 3.8) is 0 Å². The minimum Gasteiger partial charge on any atom is -0.308 e. The quantitative estimate of drug-likeness (QED) is 0.507. The summed E-state index contributed by atoms with van der Waals surface area (Å²) in [4.78, 5) is 8.96. The minimum atomic E-state index is 0.768. The first-order valence-corrected chi connectivity index (χ1v) is 8.70. The fraction of sp³-hybridized carbons (Fsp3) is 0.176. The molecule has 4 rings (SSSR count). The molecule has 0 bridgehead atoms. The molecule has 4 heterocycles. The second-order valence-electron chi connectivity index (χ2n) is 5.37. The van der Waals surface area contributed by atoms with Crippen molar-refractivity contribution in [2.24, 2.45) is 0 Å². The van der Waals surface area contributed by atoms with Crippen LogP contribution in [0.1, 0.15) is 11.4 Å². The first-order chi connectivity index (χ1) is 11.9. The van der Waals surface area contributed by atoms with E-state index in [-0.39, 0.29) is 0 Å². The Labute approximate surface area is 143 Å². The Kier molecular flexibility index (Phi) is 4.24. The molecular weight excluding hydrogens is 320 g/mol. The zero-order valence-electron chi connectivity index (χ0n) is 13.0. The smallest absolute Gasteiger partial charge is 0.191 e. The Bertz CT molecular complexity index is 897. The second kappa shape index (κ2) is 6.84. The van der Waals surface area contributed by atoms with E-state index in [0.29, 0.717) is 0 Å². The molecular formula is C17H16N6S. The number of rotatable bonds is 6. The molecule has 7 heteroatoms. The largest absolute Gasteiger partial charge is 0.308 e. The molecule has 4 aromatic rings. The Hall–Kier alpha value is -2.67. The minimum absolute atomic E-state index is 0.768. The Morgan fingerprint density at radius 3 is 2.88 bits per heavy atom. The van der Waals surface area contributed by atoms with E-state index in [9.17, 15) is 0 Å². The lowest BCUT2D eigenvalue weighted by Gasteiger charge is -2.05. The highest BCUT2D eigenvalue weighted by Gasteiger charge is 2.08. The molecule has 0 radical (unpaired) electrons. The van der Waals surface area contributed by atoms with Gasteiger partial charge in [0.1, 0.15) is 12.0 Å². The standard InChI is InChI=1S/C17H16N6S/c1-3-8-18-14(5-1)7-10-23-13-19-21-17(23)24-12-15-11-22-9-4-2-6-16(22)20-15/h1-6,8-9,11,13H,7,10,12H2. The summed E-state index contributed by atoms with van der Waals surface area (Å²) in [5, 5.41) is 9.16. The van der Waals surface area contributed by atoms with Gasteiger partial charge in [0.15, 0.2) is 5.16 Å². The van der Waals surface area contributed by atoms with Crippen LogP contribution in [0.2, 0.25) is 0 Å². The summed E-state index contributed by atoms with van der Waals surface area (Å²) >= 11 is 1.65. The molecule has 0 saturated heterocycles. The molecule has 0 amide bonds. The maximum Gasteiger partial charge on any atom is 0.191 e. The Morgan fingerprint density at radius 2 is 2.00 bits per heavy atom. The van der Waals surface area contributed by atoms with Gasteiger partial charge in [-0.25, -0.2) is 4.98 Å². The highest BCUT2D eigenvalue weighted by Crippen LogP contribution is 2.20. The van der Waals surface area contributed by atoms with Gasteiger partial charge >= 0.3 is 0 Å². The van der Waals surface area contributed by atoms with E-state index in [1.165, 1.54) is 0 Å². The maximum atomic E-state index is 4.61. The maximum absolute atomic E-state index is 4.61. The van der Waals surface area contributed by atoms with Crippen molar-refractivity contribution in [2.75, 3.05) is 0 Å². The summed E-state index contributed by atoms with van der Waals surface area (Å²) in [7, 11) is 0. The normalized spacial score (nSPS) is 11.2. The van der Waals surface area contributed by atoms with Crippen molar-refractivity contribution in [1.29, 1.82) is 0 Å². The molecule has 0 saturated carbocycles. The topological polar surface area (TPSA) is 60.9 Å². The van der Waals surface area contributed by atoms with E-state index >= 15 is 0 Å². The Morgan fingerprint density at radius 1 is 1.04 bits per heavy atom. The molecule has 24 heavy (non-hydrogen) atoms. The summed E-state index contributed by atoms with van der Waals surface area (Å²) in [5.41, 5.74) is 3.07. The molecule has 6 nitrogen and oxygen atoms in total. The number of imidazole rings is 1. The van der Waals surface area contributed by atoms with Gasteiger partial charge in [-0.1, -0.05) is 23.9 Å². The van der Waals surface area contributed by atoms with Crippen LogP contribution in [0.4, 0.5) is 0 Å². The number of aryl methyl sites for hydroxylation is 2. The van der Waals surface area contributed by atoms with Crippen LogP contribution in [-0.4, -0.2) is 29.1 Å². The van der Waals surface area contributed by atoms with Crippen LogP contribution in [0.5, 0.6) is 0 Å². The fourth-order valence-corrected chi connectivity index (χ4v) is 3.31. The zero-order valence-corrected chi connectivity index (χ0v) is 13.8. The van der Waals surface area contributed by atoms with Crippen molar-refractivity contribution < 1.29 is 0 Å². The molecule has 4 aromatic heterocycles. The molecule has 0 aliphatic carbocycles. The van der Waals surface area contributed by atoms with Crippen molar-refractivity contribution in [1.82, 2.24) is 29.1 Å². The number of hydrogen-bond donors (Lipinski definition) is 0. The summed E-state index contributed by atoms with van der Waals surface area (Å²) in [6, 6.07) is 12.0. The van der Waals surface area contributed by atoms with Gasteiger partial charge < -0.3 is 8.97 Å². The first kappa shape index (κ1) is 14.9. The van der Waals surface area contributed by atoms with Gasteiger partial charge in [-0.3, -0.25) is 4.98 Å². The van der Waals surface area contributed by atoms with Gasteiger partial charge in [-0.15, -0.1) is 10.2 Å². The zero-order chi connectivity index (χ0) is 16.2. The molecule has 0 aliphatic rings. The number of nitrogens with zero attached hydrogens (tertiary/aromatic N) is 6. The predicted molar refractivity (Wildman–Crippen MR) is 92.7 cm³/mol. The van der Waals surface area contributed by atoms with Gasteiger partial charge in [0.2, 0.25) is 0 Å². The van der Waals surface area contributed by atoms with E-state index in [1.807, 2.05) is 53.2 Å². The number of fused-ring (bicyclic) bond motifs is 1. The van der Waals surface area contributed by atoms with Crippen LogP contribution < -0.4 is 0 Å². The van der Waals surface area contributed by atoms with Gasteiger partial charge in [0.05, 0.1) is 5.69 Å². The van der Waals surface area contributed by atoms with Crippen LogP contribution >= 0.6 is 11.8 Å². The fourth-order valence-electron chi connectivity index (χ4n) is 2.49. The highest BCUT2D eigenvalue weighted by atomic mass is 32.2. The van der Waals surface area contributed by atoms with Crippen LogP contribution in [0.25, 0.3) is 5.65 Å². The number of aromatic nitrogens is 6. The van der Waals surface area contributed by atoms with E-state index in [1.54, 1.807) is 18.1 Å². The summed E-state index contributed by atoms with van der Waals surface area (Å²) in [6.07, 6.45) is 8.51. The van der Waals surface area contributed by atoms with Crippen LogP contribution in [0.3, 0.4) is 0 Å². The van der Waals surface area contributed by atoms with Crippen LogP contribution in [0, 0.1) is 0 Å². The van der Waals surface area contributed by atoms with Gasteiger partial charge in [-0.2, -0.15) is 0 Å². The third-order valence-corrected chi connectivity index (χ3v) is 4.69. The average Bonchev–Trinajstić information content (AvgIpc) is 3.25. The van der Waals surface area contributed by atoms with E-state index < -0.39 is 0 Å². The molecule has 0 N–H and O–H groups in total. The molecule has 120 valence electrons. The van der Waals surface area contributed by atoms with Crippen molar-refractivity contribution in [3.05, 3.63) is 72.7 Å². The van der Waals surface area contributed by atoms with Crippen molar-refractivity contribution >= 4 is 17.4 Å². The number of hydrogen-bond acceptors (Lipinski definition) is 5. The summed E-state index contributed by atoms with van der Waals surface area (Å²) in [6.45, 7) is 0.817. The molecule has 0 fully saturated rings. The van der Waals surface area contributed by atoms with E-state index in [0.717, 1.165) is 40.9 Å². The van der Waals surface area contributed by atoms with Gasteiger partial charge in [0, 0.05) is 43.0 Å². The SMILES string of the molecule is c1ccc(CCn2cnnc2SCc2cn3ccccc3n2)nc1. The first-order valence-electron chi connectivity index (χ1n) is 7.71. The van der Waals surface area contributed by atoms with Crippen molar-refractivity contribution in [3.8, 4) is 0 Å². The monoisotopic (exact) mass is 336 g/mol. The predicted octanol–water partition coefficient (Wildman–Crippen LogP) is 2.86. The third kappa shape index (κ3) is 3.30. The molecule has 0 aliphatic heterocycles. The summed E-state index contributed by atoms with van der Waals surface area (Å²) < 4.78 is 4.09. The molecule has 0 atom stereocenters. The average molecular weight is 336 g/mol. The summed E-state index contributed by atoms with van der Waals surface area (Å²) in [5.74, 6) is 0.768. The van der Waals surface area contributed by atoms with E-state index in [4.69, 9.17) is 0 Å². The lowest BCUT2D eigenvalue weighted by atomic mass is 10.3.